The number of nitro benzene ring substituents is 1. The highest BCUT2D eigenvalue weighted by atomic mass is 31.2. The molecule has 0 heterocycles. The Morgan fingerprint density at radius 3 is 1.73 bits per heavy atom. The van der Waals surface area contributed by atoms with Crippen molar-refractivity contribution in [2.45, 2.75) is 0 Å². The summed E-state index contributed by atoms with van der Waals surface area (Å²) >= 11 is 0. The van der Waals surface area contributed by atoms with Crippen LogP contribution in [0, 0.1) is 10.1 Å². The summed E-state index contributed by atoms with van der Waals surface area (Å²) in [6.45, 7) is 0. The van der Waals surface area contributed by atoms with Crippen LogP contribution >= 0.6 is 7.82 Å². The van der Waals surface area contributed by atoms with Crippen LogP contribution in [0.5, 0.6) is 0 Å². The van der Waals surface area contributed by atoms with E-state index in [9.17, 15) is 14.9 Å². The fourth-order valence-corrected chi connectivity index (χ4v) is 1.49. The number of rotatable bonds is 3. The van der Waals surface area contributed by atoms with Gasteiger partial charge >= 0.3 is 7.82 Å². The number of non-ortho nitro benzene ring substituents is 1. The van der Waals surface area contributed by atoms with Crippen LogP contribution in [0.2, 0.25) is 0 Å². The molecule has 0 aliphatic heterocycles. The molecule has 0 fully saturated rings. The third-order valence-electron chi connectivity index (χ3n) is 2.38. The number of ketones is 1. The van der Waals surface area contributed by atoms with Crippen molar-refractivity contribution in [1.29, 1.82) is 0 Å². The Kier molecular flexibility index (Phi) is 6.09. The van der Waals surface area contributed by atoms with Crippen LogP contribution in [-0.2, 0) is 4.57 Å². The topological polar surface area (TPSA) is 138 Å². The summed E-state index contributed by atoms with van der Waals surface area (Å²) in [5.41, 5.74) is 0.998. The van der Waals surface area contributed by atoms with Gasteiger partial charge in [0.1, 0.15) is 0 Å². The van der Waals surface area contributed by atoms with Gasteiger partial charge in [0.05, 0.1) is 4.92 Å². The molecule has 0 amide bonds. The van der Waals surface area contributed by atoms with Gasteiger partial charge in [0.25, 0.3) is 5.69 Å². The van der Waals surface area contributed by atoms with Crippen molar-refractivity contribution in [3.8, 4) is 0 Å². The van der Waals surface area contributed by atoms with Crippen molar-refractivity contribution in [1.82, 2.24) is 0 Å². The van der Waals surface area contributed by atoms with Crippen LogP contribution in [0.25, 0.3) is 0 Å². The molecule has 3 N–H and O–H groups in total. The van der Waals surface area contributed by atoms with Gasteiger partial charge in [-0.05, 0) is 12.1 Å². The van der Waals surface area contributed by atoms with Crippen LogP contribution in [0.4, 0.5) is 5.69 Å². The van der Waals surface area contributed by atoms with Crippen molar-refractivity contribution >= 4 is 19.3 Å². The summed E-state index contributed by atoms with van der Waals surface area (Å²) in [7, 11) is -4.64. The van der Waals surface area contributed by atoms with E-state index in [1.54, 1.807) is 24.3 Å². The molecule has 0 aliphatic rings. The maximum absolute atomic E-state index is 12.0. The predicted octanol–water partition coefficient (Wildman–Crippen LogP) is 1.90. The maximum Gasteiger partial charge on any atom is 0.466 e. The van der Waals surface area contributed by atoms with E-state index in [0.717, 1.165) is 0 Å². The fourth-order valence-electron chi connectivity index (χ4n) is 1.49. The number of carbonyl (C=O) groups excluding carboxylic acids is 1. The Morgan fingerprint density at radius 2 is 1.32 bits per heavy atom. The van der Waals surface area contributed by atoms with E-state index in [2.05, 4.69) is 0 Å². The number of hydrogen-bond acceptors (Lipinski definition) is 4. The van der Waals surface area contributed by atoms with E-state index in [-0.39, 0.29) is 11.5 Å². The number of hydrogen-bond donors (Lipinski definition) is 3. The first-order chi connectivity index (χ1) is 10.2. The first-order valence-corrected chi connectivity index (χ1v) is 7.37. The first-order valence-electron chi connectivity index (χ1n) is 5.81. The third-order valence-corrected chi connectivity index (χ3v) is 2.38. The molecule has 0 bridgehead atoms. The highest BCUT2D eigenvalue weighted by Crippen LogP contribution is 2.25. The van der Waals surface area contributed by atoms with Crippen LogP contribution in [0.1, 0.15) is 15.9 Å². The Bertz CT molecular complexity index is 686. The lowest BCUT2D eigenvalue weighted by Gasteiger charge is -2.00. The number of carbonyl (C=O) groups is 1. The monoisotopic (exact) mass is 325 g/mol. The van der Waals surface area contributed by atoms with Gasteiger partial charge in [0.15, 0.2) is 5.78 Å². The molecule has 0 aromatic heterocycles. The molecule has 2 aromatic rings. The maximum atomic E-state index is 12.0. The fraction of sp³-hybridized carbons (Fsp3) is 0. The summed E-state index contributed by atoms with van der Waals surface area (Å²) in [4.78, 5) is 43.5. The molecule has 116 valence electrons. The summed E-state index contributed by atoms with van der Waals surface area (Å²) < 4.78 is 8.88. The second-order valence-corrected chi connectivity index (χ2v) is 5.04. The summed E-state index contributed by atoms with van der Waals surface area (Å²) in [5.74, 6) is -0.138. The number of phosphoric acid groups is 1. The molecule has 0 saturated carbocycles. The van der Waals surface area contributed by atoms with E-state index in [1.165, 1.54) is 24.3 Å². The zero-order valence-corrected chi connectivity index (χ0v) is 12.0. The standard InChI is InChI=1S/C13H9NO3.H3O4P/c15-13(10-4-2-1-3-5-10)11-6-8-12(9-7-11)14(16)17;1-5(2,3)4/h1-9H;(H3,1,2,3,4). The lowest BCUT2D eigenvalue weighted by atomic mass is 10.0. The quantitative estimate of drug-likeness (QED) is 0.339. The number of nitro groups is 1. The normalized spacial score (nSPS) is 10.3. The number of benzene rings is 2. The van der Waals surface area contributed by atoms with Crippen LogP contribution in [-0.4, -0.2) is 25.4 Å². The van der Waals surface area contributed by atoms with Crippen LogP contribution in [0.3, 0.4) is 0 Å². The molecule has 2 aromatic carbocycles. The molecule has 0 aliphatic carbocycles. The summed E-state index contributed by atoms with van der Waals surface area (Å²) in [6, 6.07) is 14.4. The molecule has 0 saturated heterocycles. The molecule has 0 radical (unpaired) electrons. The van der Waals surface area contributed by atoms with Gasteiger partial charge in [-0.1, -0.05) is 30.3 Å². The van der Waals surface area contributed by atoms with E-state index < -0.39 is 12.7 Å². The van der Waals surface area contributed by atoms with E-state index >= 15 is 0 Å². The second-order valence-electron chi connectivity index (χ2n) is 4.01. The van der Waals surface area contributed by atoms with Gasteiger partial charge in [-0.3, -0.25) is 14.9 Å². The van der Waals surface area contributed by atoms with Gasteiger partial charge in [-0.2, -0.15) is 0 Å². The van der Waals surface area contributed by atoms with Crippen molar-refractivity contribution in [2.24, 2.45) is 0 Å². The van der Waals surface area contributed by atoms with E-state index in [4.69, 9.17) is 19.2 Å². The van der Waals surface area contributed by atoms with Crippen molar-refractivity contribution in [2.75, 3.05) is 0 Å². The Balaban J connectivity index is 0.000000422. The second kappa shape index (κ2) is 7.58. The predicted molar refractivity (Wildman–Crippen MR) is 77.2 cm³/mol. The van der Waals surface area contributed by atoms with E-state index in [1.807, 2.05) is 6.07 Å². The molecule has 0 unspecified atom stereocenters. The Labute approximate surface area is 125 Å². The SMILES string of the molecule is O=C(c1ccccc1)c1ccc([N+](=O)[O-])cc1.O=P(O)(O)O. The lowest BCUT2D eigenvalue weighted by Crippen LogP contribution is -2.00. The van der Waals surface area contributed by atoms with Gasteiger partial charge in [-0.15, -0.1) is 0 Å². The lowest BCUT2D eigenvalue weighted by molar-refractivity contribution is -0.384. The summed E-state index contributed by atoms with van der Waals surface area (Å²) in [6.07, 6.45) is 0. The van der Waals surface area contributed by atoms with E-state index in [0.29, 0.717) is 11.1 Å². The zero-order valence-electron chi connectivity index (χ0n) is 11.1. The molecule has 8 nitrogen and oxygen atoms in total. The molecule has 9 heteroatoms. The number of nitrogens with zero attached hydrogens (tertiary/aromatic N) is 1. The van der Waals surface area contributed by atoms with Crippen LogP contribution in [0.15, 0.2) is 54.6 Å². The third kappa shape index (κ3) is 6.38. The molecule has 0 spiro atoms. The average Bonchev–Trinajstić information content (AvgIpc) is 2.46. The zero-order chi connectivity index (χ0) is 16.8. The van der Waals surface area contributed by atoms with Gasteiger partial charge in [0.2, 0.25) is 0 Å². The molecule has 2 rings (SSSR count). The minimum atomic E-state index is -4.64. The Morgan fingerprint density at radius 1 is 0.909 bits per heavy atom. The largest absolute Gasteiger partial charge is 0.466 e. The highest BCUT2D eigenvalue weighted by molar-refractivity contribution is 7.45. The van der Waals surface area contributed by atoms with Crippen molar-refractivity contribution in [3.05, 3.63) is 75.8 Å². The minimum absolute atomic E-state index is 0.0189. The molecule has 22 heavy (non-hydrogen) atoms. The summed E-state index contributed by atoms with van der Waals surface area (Å²) in [5, 5.41) is 10.5. The van der Waals surface area contributed by atoms with Gasteiger partial charge in [0, 0.05) is 23.3 Å². The smallest absolute Gasteiger partial charge is 0.303 e. The van der Waals surface area contributed by atoms with Crippen molar-refractivity contribution in [3.63, 3.8) is 0 Å². The van der Waals surface area contributed by atoms with Gasteiger partial charge in [-0.25, -0.2) is 4.57 Å². The van der Waals surface area contributed by atoms with Crippen LogP contribution < -0.4 is 0 Å². The average molecular weight is 325 g/mol. The Hall–Kier alpha value is -2.38. The van der Waals surface area contributed by atoms with Gasteiger partial charge < -0.3 is 14.7 Å². The minimum Gasteiger partial charge on any atom is -0.303 e. The molecular formula is C13H12NO7P. The first kappa shape index (κ1) is 17.7. The molecule has 0 atom stereocenters. The highest BCUT2D eigenvalue weighted by Gasteiger charge is 2.10. The molecular weight excluding hydrogens is 313 g/mol. The van der Waals surface area contributed by atoms with Crippen molar-refractivity contribution < 1.29 is 29.0 Å².